The lowest BCUT2D eigenvalue weighted by Crippen LogP contribution is -2.44. The fraction of sp³-hybridized carbons (Fsp3) is 0.737. The summed E-state index contributed by atoms with van der Waals surface area (Å²) in [5, 5.41) is 17.2. The number of β-amino-alcohol motifs (C(OH)–C–C–N with tert-alkyl or cyclic N) is 1. The Labute approximate surface area is 159 Å². The zero-order valence-electron chi connectivity index (χ0n) is 15.8. The fourth-order valence-corrected chi connectivity index (χ4v) is 4.14. The number of nitrogens with one attached hydrogen (secondary N) is 1. The third-order valence-electron chi connectivity index (χ3n) is 5.93. The van der Waals surface area contributed by atoms with E-state index in [1.807, 2.05) is 20.5 Å². The van der Waals surface area contributed by atoms with E-state index < -0.39 is 0 Å². The van der Waals surface area contributed by atoms with E-state index in [0.717, 1.165) is 43.6 Å². The number of aliphatic hydroxyl groups excluding tert-OH is 1. The van der Waals surface area contributed by atoms with E-state index in [4.69, 9.17) is 0 Å². The summed E-state index contributed by atoms with van der Waals surface area (Å²) < 4.78 is 1.95. The number of aromatic nitrogens is 2. The van der Waals surface area contributed by atoms with Gasteiger partial charge >= 0.3 is 0 Å². The van der Waals surface area contributed by atoms with E-state index in [1.54, 1.807) is 0 Å². The fourth-order valence-electron chi connectivity index (χ4n) is 4.14. The van der Waals surface area contributed by atoms with Crippen molar-refractivity contribution in [3.63, 3.8) is 0 Å². The smallest absolute Gasteiger partial charge is 0.234 e. The maximum absolute atomic E-state index is 12.4. The van der Waals surface area contributed by atoms with Gasteiger partial charge in [-0.05, 0) is 38.3 Å². The molecule has 3 aliphatic rings. The monoisotopic (exact) mass is 375 g/mol. The van der Waals surface area contributed by atoms with Crippen LogP contribution in [-0.2, 0) is 29.2 Å². The lowest BCUT2D eigenvalue weighted by atomic mass is 9.84. The molecular formula is C19H29N5O3. The van der Waals surface area contributed by atoms with E-state index in [1.165, 1.54) is 6.42 Å². The number of hydrogen-bond donors (Lipinski definition) is 2. The first-order chi connectivity index (χ1) is 13.1. The van der Waals surface area contributed by atoms with Crippen LogP contribution in [0.15, 0.2) is 6.07 Å². The molecular weight excluding hydrogens is 346 g/mol. The first kappa shape index (κ1) is 18.4. The van der Waals surface area contributed by atoms with E-state index in [9.17, 15) is 14.7 Å². The van der Waals surface area contributed by atoms with Crippen molar-refractivity contribution in [1.29, 1.82) is 0 Å². The predicted octanol–water partition coefficient (Wildman–Crippen LogP) is 0.0983. The van der Waals surface area contributed by atoms with Crippen molar-refractivity contribution in [3.05, 3.63) is 17.5 Å². The van der Waals surface area contributed by atoms with E-state index in [0.29, 0.717) is 39.3 Å². The Balaban J connectivity index is 1.26. The van der Waals surface area contributed by atoms with Gasteiger partial charge in [-0.1, -0.05) is 6.42 Å². The molecule has 8 heteroatoms. The summed E-state index contributed by atoms with van der Waals surface area (Å²) in [6.45, 7) is 4.17. The molecule has 27 heavy (non-hydrogen) atoms. The number of fused-ring (bicyclic) bond motifs is 1. The number of piperidine rings is 1. The summed E-state index contributed by atoms with van der Waals surface area (Å²) in [6.07, 6.45) is 4.65. The molecule has 2 aliphatic heterocycles. The zero-order valence-corrected chi connectivity index (χ0v) is 15.8. The Morgan fingerprint density at radius 3 is 2.78 bits per heavy atom. The van der Waals surface area contributed by atoms with Gasteiger partial charge in [0, 0.05) is 19.0 Å². The molecule has 8 nitrogen and oxygen atoms in total. The molecule has 2 N–H and O–H groups in total. The minimum Gasteiger partial charge on any atom is -0.392 e. The topological polar surface area (TPSA) is 90.7 Å². The minimum absolute atomic E-state index is 0.0446. The first-order valence-corrected chi connectivity index (χ1v) is 10.1. The quantitative estimate of drug-likeness (QED) is 0.762. The summed E-state index contributed by atoms with van der Waals surface area (Å²) in [4.78, 5) is 28.6. The van der Waals surface area contributed by atoms with Crippen molar-refractivity contribution in [2.45, 2.75) is 57.8 Å². The summed E-state index contributed by atoms with van der Waals surface area (Å²) >= 11 is 0. The van der Waals surface area contributed by atoms with Crippen LogP contribution in [0.2, 0.25) is 0 Å². The Hall–Kier alpha value is -1.93. The molecule has 1 aromatic rings. The van der Waals surface area contributed by atoms with Crippen LogP contribution in [0.4, 0.5) is 0 Å². The van der Waals surface area contributed by atoms with Gasteiger partial charge in [-0.3, -0.25) is 19.2 Å². The average molecular weight is 375 g/mol. The van der Waals surface area contributed by atoms with E-state index in [2.05, 4.69) is 10.4 Å². The number of hydrogen-bond acceptors (Lipinski definition) is 5. The highest BCUT2D eigenvalue weighted by atomic mass is 16.3. The second kappa shape index (κ2) is 7.98. The standard InChI is InChI=1S/C19H29N5O3/c25-17-5-2-6-22(12-17)13-18(26)20-10-15-9-16-11-23(7-8-24(16)21-15)19(27)14-3-1-4-14/h9,14,17,25H,1-8,10-13H2,(H,20,26)/t17-/m1/s1. The molecule has 0 aromatic carbocycles. The van der Waals surface area contributed by atoms with Crippen molar-refractivity contribution < 1.29 is 14.7 Å². The van der Waals surface area contributed by atoms with Gasteiger partial charge in [-0.25, -0.2) is 0 Å². The molecule has 4 rings (SSSR count). The second-order valence-corrected chi connectivity index (χ2v) is 8.05. The molecule has 148 valence electrons. The van der Waals surface area contributed by atoms with Crippen LogP contribution < -0.4 is 5.32 Å². The van der Waals surface area contributed by atoms with E-state index in [-0.39, 0.29) is 23.8 Å². The Bertz CT molecular complexity index is 700. The number of aliphatic hydroxyl groups is 1. The van der Waals surface area contributed by atoms with Crippen LogP contribution in [0.5, 0.6) is 0 Å². The van der Waals surface area contributed by atoms with Gasteiger partial charge < -0.3 is 15.3 Å². The van der Waals surface area contributed by atoms with Crippen molar-refractivity contribution >= 4 is 11.8 Å². The van der Waals surface area contributed by atoms with Gasteiger partial charge in [-0.15, -0.1) is 0 Å². The van der Waals surface area contributed by atoms with Crippen molar-refractivity contribution in [1.82, 2.24) is 24.9 Å². The number of rotatable bonds is 5. The molecule has 1 saturated carbocycles. The number of likely N-dealkylation sites (tertiary alicyclic amines) is 1. The number of amides is 2. The van der Waals surface area contributed by atoms with Gasteiger partial charge in [0.25, 0.3) is 0 Å². The normalized spacial score (nSPS) is 23.6. The van der Waals surface area contributed by atoms with Gasteiger partial charge in [0.1, 0.15) is 0 Å². The maximum atomic E-state index is 12.4. The minimum atomic E-state index is -0.322. The SMILES string of the molecule is O=C(CN1CCC[C@@H](O)C1)NCc1cc2n(n1)CCN(C(=O)C1CCC1)C2. The first-order valence-electron chi connectivity index (χ1n) is 10.1. The van der Waals surface area contributed by atoms with Crippen LogP contribution in [0, 0.1) is 5.92 Å². The second-order valence-electron chi connectivity index (χ2n) is 8.05. The molecule has 1 aromatic heterocycles. The molecule has 0 bridgehead atoms. The molecule has 0 radical (unpaired) electrons. The Morgan fingerprint density at radius 1 is 1.19 bits per heavy atom. The number of carbonyl (C=O) groups is 2. The number of nitrogens with zero attached hydrogens (tertiary/aromatic N) is 4. The molecule has 1 aliphatic carbocycles. The summed E-state index contributed by atoms with van der Waals surface area (Å²) in [5.74, 6) is 0.468. The molecule has 1 atom stereocenters. The summed E-state index contributed by atoms with van der Waals surface area (Å²) in [5.41, 5.74) is 1.87. The summed E-state index contributed by atoms with van der Waals surface area (Å²) in [7, 11) is 0. The number of carbonyl (C=O) groups excluding carboxylic acids is 2. The lowest BCUT2D eigenvalue weighted by Gasteiger charge is -2.34. The molecule has 2 fully saturated rings. The van der Waals surface area contributed by atoms with Gasteiger partial charge in [-0.2, -0.15) is 5.10 Å². The third-order valence-corrected chi connectivity index (χ3v) is 5.93. The van der Waals surface area contributed by atoms with Crippen LogP contribution in [0.3, 0.4) is 0 Å². The van der Waals surface area contributed by atoms with Gasteiger partial charge in [0.2, 0.25) is 11.8 Å². The van der Waals surface area contributed by atoms with Crippen molar-refractivity contribution in [2.75, 3.05) is 26.2 Å². The highest BCUT2D eigenvalue weighted by Gasteiger charge is 2.31. The molecule has 0 spiro atoms. The summed E-state index contributed by atoms with van der Waals surface area (Å²) in [6, 6.07) is 1.99. The third kappa shape index (κ3) is 4.32. The Morgan fingerprint density at radius 2 is 2.04 bits per heavy atom. The molecule has 1 saturated heterocycles. The van der Waals surface area contributed by atoms with Gasteiger partial charge in [0.05, 0.1) is 43.7 Å². The van der Waals surface area contributed by atoms with Crippen molar-refractivity contribution in [3.8, 4) is 0 Å². The highest BCUT2D eigenvalue weighted by molar-refractivity contribution is 5.79. The maximum Gasteiger partial charge on any atom is 0.234 e. The van der Waals surface area contributed by atoms with Gasteiger partial charge in [0.15, 0.2) is 0 Å². The Kier molecular flexibility index (Phi) is 5.45. The lowest BCUT2D eigenvalue weighted by molar-refractivity contribution is -0.139. The largest absolute Gasteiger partial charge is 0.392 e. The van der Waals surface area contributed by atoms with Crippen LogP contribution >= 0.6 is 0 Å². The molecule has 0 unspecified atom stereocenters. The molecule has 3 heterocycles. The van der Waals surface area contributed by atoms with Crippen LogP contribution in [0.1, 0.15) is 43.5 Å². The predicted molar refractivity (Wildman–Crippen MR) is 98.5 cm³/mol. The van der Waals surface area contributed by atoms with Crippen LogP contribution in [0.25, 0.3) is 0 Å². The average Bonchev–Trinajstić information content (AvgIpc) is 3.00. The highest BCUT2D eigenvalue weighted by Crippen LogP contribution is 2.29. The molecule has 2 amide bonds. The van der Waals surface area contributed by atoms with E-state index >= 15 is 0 Å². The zero-order chi connectivity index (χ0) is 18.8. The van der Waals surface area contributed by atoms with Crippen molar-refractivity contribution in [2.24, 2.45) is 5.92 Å². The van der Waals surface area contributed by atoms with Crippen LogP contribution in [-0.4, -0.2) is 68.8 Å².